The van der Waals surface area contributed by atoms with Crippen LogP contribution >= 0.6 is 0 Å². The maximum atomic E-state index is 12.0. The molecular weight excluding hydrogens is 234 g/mol. The van der Waals surface area contributed by atoms with Crippen LogP contribution in [0.4, 0.5) is 20.4 Å². The summed E-state index contributed by atoms with van der Waals surface area (Å²) in [6.45, 7) is -0.155. The molecule has 0 aliphatic carbocycles. The van der Waals surface area contributed by atoms with Gasteiger partial charge in [0.15, 0.2) is 5.82 Å². The number of aromatic nitrogens is 2. The molecule has 0 aliphatic rings. The number of methoxy groups -OCH3 is 1. The van der Waals surface area contributed by atoms with Crippen molar-refractivity contribution < 1.29 is 18.6 Å². The number of nitrogen functional groups attached to an aromatic ring is 1. The quantitative estimate of drug-likeness (QED) is 0.668. The summed E-state index contributed by atoms with van der Waals surface area (Å²) in [6.07, 6.45) is -4.56. The van der Waals surface area contributed by atoms with Gasteiger partial charge in [-0.15, -0.1) is 0 Å². The van der Waals surface area contributed by atoms with E-state index in [9.17, 15) is 8.78 Å². The fourth-order valence-electron chi connectivity index (χ4n) is 1.10. The van der Waals surface area contributed by atoms with Gasteiger partial charge < -0.3 is 20.9 Å². The van der Waals surface area contributed by atoms with E-state index in [1.54, 1.807) is 0 Å². The van der Waals surface area contributed by atoms with Crippen LogP contribution in [0.15, 0.2) is 6.07 Å². The molecule has 0 radical (unpaired) electrons. The lowest BCUT2D eigenvalue weighted by molar-refractivity contribution is 0.00380. The zero-order valence-electron chi connectivity index (χ0n) is 9.23. The van der Waals surface area contributed by atoms with Crippen molar-refractivity contribution in [2.24, 2.45) is 0 Å². The molecule has 0 aromatic carbocycles. The SMILES string of the molecule is COCc1nc(N)cc(NCC(O)C(F)F)n1. The van der Waals surface area contributed by atoms with Crippen LogP contribution < -0.4 is 11.1 Å². The first-order valence-corrected chi connectivity index (χ1v) is 4.85. The molecule has 96 valence electrons. The number of nitrogens with zero attached hydrogens (tertiary/aromatic N) is 2. The van der Waals surface area contributed by atoms with Crippen molar-refractivity contribution in [3.05, 3.63) is 11.9 Å². The fourth-order valence-corrected chi connectivity index (χ4v) is 1.10. The van der Waals surface area contributed by atoms with E-state index >= 15 is 0 Å². The Hall–Kier alpha value is -1.54. The van der Waals surface area contributed by atoms with Gasteiger partial charge in [-0.25, -0.2) is 18.7 Å². The molecule has 1 atom stereocenters. The number of hydrogen-bond donors (Lipinski definition) is 3. The number of nitrogens with one attached hydrogen (secondary N) is 1. The predicted molar refractivity (Wildman–Crippen MR) is 57.7 cm³/mol. The highest BCUT2D eigenvalue weighted by molar-refractivity contribution is 5.44. The summed E-state index contributed by atoms with van der Waals surface area (Å²) in [6, 6.07) is 1.39. The van der Waals surface area contributed by atoms with E-state index in [0.29, 0.717) is 5.82 Å². The molecule has 1 rings (SSSR count). The Kier molecular flexibility index (Phi) is 4.98. The molecule has 0 spiro atoms. The number of hydrogen-bond acceptors (Lipinski definition) is 6. The Bertz CT molecular complexity index is 365. The van der Waals surface area contributed by atoms with Crippen molar-refractivity contribution >= 4 is 11.6 Å². The number of nitrogens with two attached hydrogens (primary N) is 1. The summed E-state index contributed by atoms with van der Waals surface area (Å²) in [4.78, 5) is 7.85. The summed E-state index contributed by atoms with van der Waals surface area (Å²) in [5.41, 5.74) is 5.50. The summed E-state index contributed by atoms with van der Waals surface area (Å²) in [7, 11) is 1.47. The third-order valence-electron chi connectivity index (χ3n) is 1.85. The van der Waals surface area contributed by atoms with E-state index in [1.165, 1.54) is 13.2 Å². The van der Waals surface area contributed by atoms with E-state index in [4.69, 9.17) is 15.6 Å². The number of alkyl halides is 2. The minimum atomic E-state index is -2.81. The van der Waals surface area contributed by atoms with Gasteiger partial charge in [-0.2, -0.15) is 0 Å². The molecule has 0 saturated heterocycles. The molecule has 17 heavy (non-hydrogen) atoms. The molecule has 1 aromatic heterocycles. The Morgan fingerprint density at radius 1 is 1.53 bits per heavy atom. The zero-order chi connectivity index (χ0) is 12.8. The monoisotopic (exact) mass is 248 g/mol. The second kappa shape index (κ2) is 6.26. The van der Waals surface area contributed by atoms with Gasteiger partial charge >= 0.3 is 0 Å². The fraction of sp³-hybridized carbons (Fsp3) is 0.556. The number of halogens is 2. The second-order valence-corrected chi connectivity index (χ2v) is 3.31. The van der Waals surface area contributed by atoms with Crippen LogP contribution in [0.2, 0.25) is 0 Å². The maximum Gasteiger partial charge on any atom is 0.265 e. The van der Waals surface area contributed by atoms with Gasteiger partial charge in [0.2, 0.25) is 0 Å². The summed E-state index contributed by atoms with van der Waals surface area (Å²) >= 11 is 0. The molecule has 1 aromatic rings. The van der Waals surface area contributed by atoms with Crippen LogP contribution in [-0.4, -0.2) is 41.3 Å². The van der Waals surface area contributed by atoms with Crippen molar-refractivity contribution in [3.8, 4) is 0 Å². The van der Waals surface area contributed by atoms with Crippen LogP contribution in [0, 0.1) is 0 Å². The molecule has 0 bridgehead atoms. The number of ether oxygens (including phenoxy) is 1. The molecule has 4 N–H and O–H groups in total. The van der Waals surface area contributed by atoms with Gasteiger partial charge in [0.05, 0.1) is 0 Å². The van der Waals surface area contributed by atoms with Gasteiger partial charge in [-0.05, 0) is 0 Å². The van der Waals surface area contributed by atoms with Crippen LogP contribution in [0.3, 0.4) is 0 Å². The molecule has 1 unspecified atom stereocenters. The standard InChI is InChI=1S/C9H14F2N4O2/c1-17-4-8-14-6(12)2-7(15-8)13-3-5(16)9(10)11/h2,5,9,16H,3-4H2,1H3,(H3,12,13,14,15). The first kappa shape index (κ1) is 13.5. The van der Waals surface area contributed by atoms with Gasteiger partial charge in [0, 0.05) is 19.7 Å². The molecular formula is C9H14F2N4O2. The third-order valence-corrected chi connectivity index (χ3v) is 1.85. The minimum Gasteiger partial charge on any atom is -0.385 e. The number of aliphatic hydroxyl groups excluding tert-OH is 1. The first-order valence-electron chi connectivity index (χ1n) is 4.85. The summed E-state index contributed by atoms with van der Waals surface area (Å²) < 4.78 is 28.9. The minimum absolute atomic E-state index is 0.164. The topological polar surface area (TPSA) is 93.3 Å². The van der Waals surface area contributed by atoms with Crippen LogP contribution in [0.5, 0.6) is 0 Å². The Morgan fingerprint density at radius 2 is 2.24 bits per heavy atom. The average molecular weight is 248 g/mol. The molecule has 0 amide bonds. The largest absolute Gasteiger partial charge is 0.385 e. The van der Waals surface area contributed by atoms with Crippen molar-refractivity contribution in [2.75, 3.05) is 24.7 Å². The lowest BCUT2D eigenvalue weighted by Crippen LogP contribution is -2.27. The predicted octanol–water partition coefficient (Wildman–Crippen LogP) is 0.243. The number of anilines is 2. The molecule has 0 fully saturated rings. The first-order chi connectivity index (χ1) is 8.02. The highest BCUT2D eigenvalue weighted by Gasteiger charge is 2.16. The van der Waals surface area contributed by atoms with Crippen LogP contribution in [0.25, 0.3) is 0 Å². The summed E-state index contributed by atoms with van der Waals surface area (Å²) in [5.74, 6) is 0.798. The third kappa shape index (κ3) is 4.45. The Balaban J connectivity index is 2.64. The molecule has 1 heterocycles. The van der Waals surface area contributed by atoms with E-state index in [-0.39, 0.29) is 24.8 Å². The average Bonchev–Trinajstić information content (AvgIpc) is 2.25. The number of rotatable bonds is 6. The zero-order valence-corrected chi connectivity index (χ0v) is 9.23. The Labute approximate surface area is 96.8 Å². The lowest BCUT2D eigenvalue weighted by atomic mass is 10.3. The maximum absolute atomic E-state index is 12.0. The molecule has 6 nitrogen and oxygen atoms in total. The highest BCUT2D eigenvalue weighted by atomic mass is 19.3. The number of aliphatic hydroxyl groups is 1. The van der Waals surface area contributed by atoms with Gasteiger partial charge in [0.25, 0.3) is 6.43 Å². The van der Waals surface area contributed by atoms with Crippen molar-refractivity contribution in [2.45, 2.75) is 19.1 Å². The van der Waals surface area contributed by atoms with Gasteiger partial charge in [-0.3, -0.25) is 0 Å². The van der Waals surface area contributed by atoms with E-state index in [0.717, 1.165) is 0 Å². The highest BCUT2D eigenvalue weighted by Crippen LogP contribution is 2.10. The van der Waals surface area contributed by atoms with Crippen molar-refractivity contribution in [3.63, 3.8) is 0 Å². The smallest absolute Gasteiger partial charge is 0.265 e. The van der Waals surface area contributed by atoms with Crippen molar-refractivity contribution in [1.82, 2.24) is 9.97 Å². The van der Waals surface area contributed by atoms with E-state index in [1.807, 2.05) is 0 Å². The molecule has 8 heteroatoms. The van der Waals surface area contributed by atoms with Crippen LogP contribution in [0.1, 0.15) is 5.82 Å². The van der Waals surface area contributed by atoms with E-state index < -0.39 is 12.5 Å². The Morgan fingerprint density at radius 3 is 2.82 bits per heavy atom. The van der Waals surface area contributed by atoms with Gasteiger partial charge in [0.1, 0.15) is 24.3 Å². The van der Waals surface area contributed by atoms with Gasteiger partial charge in [-0.1, -0.05) is 0 Å². The lowest BCUT2D eigenvalue weighted by Gasteiger charge is -2.12. The van der Waals surface area contributed by atoms with Crippen molar-refractivity contribution in [1.29, 1.82) is 0 Å². The summed E-state index contributed by atoms with van der Waals surface area (Å²) in [5, 5.41) is 11.5. The van der Waals surface area contributed by atoms with E-state index in [2.05, 4.69) is 15.3 Å². The molecule has 0 aliphatic heterocycles. The molecule has 0 saturated carbocycles. The normalized spacial score (nSPS) is 12.8. The second-order valence-electron chi connectivity index (χ2n) is 3.31. The van der Waals surface area contributed by atoms with Crippen LogP contribution in [-0.2, 0) is 11.3 Å².